The fraction of sp³-hybridized carbons (Fsp3) is 0.560. The molecule has 4 amide bonds. The first kappa shape index (κ1) is 29.4. The lowest BCUT2D eigenvalue weighted by Crippen LogP contribution is -2.53. The Balaban J connectivity index is 3.52. The third-order valence-corrected chi connectivity index (χ3v) is 5.12. The second-order valence-corrected chi connectivity index (χ2v) is 9.68. The molecule has 0 saturated carbocycles. The highest BCUT2D eigenvalue weighted by molar-refractivity contribution is 5.93. The summed E-state index contributed by atoms with van der Waals surface area (Å²) >= 11 is 0. The van der Waals surface area contributed by atoms with Gasteiger partial charge >= 0.3 is 6.09 Å². The summed E-state index contributed by atoms with van der Waals surface area (Å²) in [5, 5.41) is 14.8. The monoisotopic (exact) mass is 487 g/mol. The van der Waals surface area contributed by atoms with Crippen molar-refractivity contribution in [1.29, 1.82) is 5.26 Å². The molecule has 0 aliphatic heterocycles. The van der Waals surface area contributed by atoms with Gasteiger partial charge in [0.1, 0.15) is 24.2 Å². The molecule has 2 unspecified atom stereocenters. The third-order valence-electron chi connectivity index (χ3n) is 5.12. The molecule has 0 heterocycles. The number of amides is 4. The molecule has 0 aliphatic rings. The second-order valence-electron chi connectivity index (χ2n) is 9.68. The van der Waals surface area contributed by atoms with E-state index in [1.54, 1.807) is 46.8 Å². The normalized spacial score (nSPS) is 12.8. The van der Waals surface area contributed by atoms with Crippen LogP contribution in [0.2, 0.25) is 0 Å². The van der Waals surface area contributed by atoms with Crippen LogP contribution in [-0.4, -0.2) is 52.9 Å². The number of alkyl carbamates (subject to hydrolysis) is 1. The molecule has 0 aliphatic carbocycles. The standard InChI is InChI=1S/C25H37N5O5/c1-15(2)28-22(32)21(18-10-8-9-16(3)17(18)4)30(14-13-26)23(33)19(11-12-20(27)31)29-24(34)35-25(5,6)7/h8-10,15,19,21H,11-12,14H2,1-7H3,(H2,27,31)(H,28,32)(H,29,34). The number of nitriles is 1. The minimum atomic E-state index is -1.25. The maximum atomic E-state index is 13.7. The van der Waals surface area contributed by atoms with Gasteiger partial charge in [0.05, 0.1) is 6.07 Å². The lowest BCUT2D eigenvalue weighted by Gasteiger charge is -2.34. The molecule has 0 bridgehead atoms. The van der Waals surface area contributed by atoms with Gasteiger partial charge in [0.25, 0.3) is 0 Å². The predicted octanol–water partition coefficient (Wildman–Crippen LogP) is 2.38. The molecular weight excluding hydrogens is 450 g/mol. The maximum Gasteiger partial charge on any atom is 0.408 e. The highest BCUT2D eigenvalue weighted by atomic mass is 16.6. The number of hydrogen-bond donors (Lipinski definition) is 3. The van der Waals surface area contributed by atoms with Gasteiger partial charge in [0, 0.05) is 12.5 Å². The van der Waals surface area contributed by atoms with Crippen LogP contribution in [0.15, 0.2) is 18.2 Å². The number of nitrogens with one attached hydrogen (secondary N) is 2. The van der Waals surface area contributed by atoms with E-state index in [4.69, 9.17) is 10.5 Å². The maximum absolute atomic E-state index is 13.7. The van der Waals surface area contributed by atoms with Gasteiger partial charge in [-0.2, -0.15) is 5.26 Å². The summed E-state index contributed by atoms with van der Waals surface area (Å²) in [6.45, 7) is 11.9. The van der Waals surface area contributed by atoms with Gasteiger partial charge in [-0.3, -0.25) is 14.4 Å². The number of benzene rings is 1. The van der Waals surface area contributed by atoms with E-state index in [-0.39, 0.29) is 18.9 Å². The van der Waals surface area contributed by atoms with Crippen molar-refractivity contribution < 1.29 is 23.9 Å². The summed E-state index contributed by atoms with van der Waals surface area (Å²) in [6, 6.07) is 4.71. The highest BCUT2D eigenvalue weighted by Gasteiger charge is 2.37. The van der Waals surface area contributed by atoms with Gasteiger partial charge in [-0.1, -0.05) is 18.2 Å². The lowest BCUT2D eigenvalue weighted by molar-refractivity contribution is -0.142. The number of primary amides is 1. The van der Waals surface area contributed by atoms with Crippen molar-refractivity contribution in [3.05, 3.63) is 34.9 Å². The van der Waals surface area contributed by atoms with E-state index in [2.05, 4.69) is 10.6 Å². The second kappa shape index (κ2) is 12.7. The number of hydrogen-bond acceptors (Lipinski definition) is 6. The molecule has 0 radical (unpaired) electrons. The Morgan fingerprint density at radius 3 is 2.29 bits per heavy atom. The van der Waals surface area contributed by atoms with E-state index in [0.29, 0.717) is 5.56 Å². The van der Waals surface area contributed by atoms with Crippen molar-refractivity contribution in [1.82, 2.24) is 15.5 Å². The highest BCUT2D eigenvalue weighted by Crippen LogP contribution is 2.27. The molecule has 35 heavy (non-hydrogen) atoms. The molecule has 0 spiro atoms. The molecule has 10 heteroatoms. The Morgan fingerprint density at radius 1 is 1.14 bits per heavy atom. The first-order chi connectivity index (χ1) is 16.2. The molecule has 4 N–H and O–H groups in total. The summed E-state index contributed by atoms with van der Waals surface area (Å²) in [6.07, 6.45) is -1.19. The van der Waals surface area contributed by atoms with Crippen LogP contribution in [0.3, 0.4) is 0 Å². The zero-order valence-electron chi connectivity index (χ0n) is 21.6. The van der Waals surface area contributed by atoms with E-state index in [1.807, 2.05) is 26.0 Å². The van der Waals surface area contributed by atoms with Gasteiger partial charge < -0.3 is 26.0 Å². The van der Waals surface area contributed by atoms with Crippen molar-refractivity contribution >= 4 is 23.8 Å². The molecule has 192 valence electrons. The van der Waals surface area contributed by atoms with Crippen LogP contribution in [0.5, 0.6) is 0 Å². The number of aryl methyl sites for hydroxylation is 1. The zero-order chi connectivity index (χ0) is 26.9. The quantitative estimate of drug-likeness (QED) is 0.430. The van der Waals surface area contributed by atoms with Crippen LogP contribution in [0.25, 0.3) is 0 Å². The third kappa shape index (κ3) is 9.27. The average molecular weight is 488 g/mol. The number of carbonyl (C=O) groups excluding carboxylic acids is 4. The molecule has 1 aromatic rings. The number of nitrogens with two attached hydrogens (primary N) is 1. The smallest absolute Gasteiger partial charge is 0.408 e. The van der Waals surface area contributed by atoms with E-state index >= 15 is 0 Å². The van der Waals surface area contributed by atoms with Crippen LogP contribution in [-0.2, 0) is 19.1 Å². The fourth-order valence-corrected chi connectivity index (χ4v) is 3.45. The fourth-order valence-electron chi connectivity index (χ4n) is 3.45. The summed E-state index contributed by atoms with van der Waals surface area (Å²) in [5.74, 6) is -1.84. The Kier molecular flexibility index (Phi) is 10.7. The molecule has 0 saturated heterocycles. The van der Waals surface area contributed by atoms with Gasteiger partial charge in [-0.05, 0) is 71.6 Å². The van der Waals surface area contributed by atoms with Crippen LogP contribution < -0.4 is 16.4 Å². The Morgan fingerprint density at radius 2 is 1.77 bits per heavy atom. The van der Waals surface area contributed by atoms with Crippen molar-refractivity contribution in [2.24, 2.45) is 5.73 Å². The summed E-state index contributed by atoms with van der Waals surface area (Å²) in [7, 11) is 0. The number of carbonyl (C=O) groups is 4. The minimum Gasteiger partial charge on any atom is -0.444 e. The van der Waals surface area contributed by atoms with Crippen molar-refractivity contribution in [2.75, 3.05) is 6.54 Å². The number of rotatable bonds is 10. The van der Waals surface area contributed by atoms with Crippen molar-refractivity contribution in [2.45, 2.75) is 85.0 Å². The van der Waals surface area contributed by atoms with Gasteiger partial charge in [-0.15, -0.1) is 0 Å². The summed E-state index contributed by atoms with van der Waals surface area (Å²) < 4.78 is 5.26. The predicted molar refractivity (Wildman–Crippen MR) is 131 cm³/mol. The Bertz CT molecular complexity index is 977. The van der Waals surface area contributed by atoms with Gasteiger partial charge in [0.15, 0.2) is 0 Å². The molecule has 0 aromatic heterocycles. The van der Waals surface area contributed by atoms with Crippen LogP contribution in [0.4, 0.5) is 4.79 Å². The molecule has 10 nitrogen and oxygen atoms in total. The molecular formula is C25H37N5O5. The topological polar surface area (TPSA) is 155 Å². The van der Waals surface area contributed by atoms with Crippen LogP contribution >= 0.6 is 0 Å². The van der Waals surface area contributed by atoms with E-state index in [1.165, 1.54) is 0 Å². The van der Waals surface area contributed by atoms with E-state index < -0.39 is 48.0 Å². The Labute approximate surface area is 207 Å². The first-order valence-electron chi connectivity index (χ1n) is 11.5. The first-order valence-corrected chi connectivity index (χ1v) is 11.5. The van der Waals surface area contributed by atoms with Crippen LogP contribution in [0.1, 0.15) is 70.2 Å². The summed E-state index contributed by atoms with van der Waals surface area (Å²) in [5.41, 5.74) is 6.70. The molecule has 1 aromatic carbocycles. The minimum absolute atomic E-state index is 0.124. The van der Waals surface area contributed by atoms with Crippen LogP contribution in [0, 0.1) is 25.2 Å². The Hall–Kier alpha value is -3.61. The van der Waals surface area contributed by atoms with E-state index in [9.17, 15) is 24.4 Å². The molecule has 1 rings (SSSR count). The van der Waals surface area contributed by atoms with E-state index in [0.717, 1.165) is 16.0 Å². The van der Waals surface area contributed by atoms with Crippen molar-refractivity contribution in [3.63, 3.8) is 0 Å². The molecule has 2 atom stereocenters. The zero-order valence-corrected chi connectivity index (χ0v) is 21.6. The van der Waals surface area contributed by atoms with Gasteiger partial charge in [-0.25, -0.2) is 4.79 Å². The SMILES string of the molecule is Cc1cccc(C(C(=O)NC(C)C)N(CC#N)C(=O)C(CCC(N)=O)NC(=O)OC(C)(C)C)c1C. The van der Waals surface area contributed by atoms with Crippen molar-refractivity contribution in [3.8, 4) is 6.07 Å². The number of nitrogens with zero attached hydrogens (tertiary/aromatic N) is 2. The number of ether oxygens (including phenoxy) is 1. The molecule has 0 fully saturated rings. The average Bonchev–Trinajstić information content (AvgIpc) is 2.71. The largest absolute Gasteiger partial charge is 0.444 e. The summed E-state index contributed by atoms with van der Waals surface area (Å²) in [4.78, 5) is 52.1. The van der Waals surface area contributed by atoms with Gasteiger partial charge in [0.2, 0.25) is 17.7 Å². The lowest BCUT2D eigenvalue weighted by atomic mass is 9.94.